The van der Waals surface area contributed by atoms with E-state index in [-0.39, 0.29) is 6.61 Å². The van der Waals surface area contributed by atoms with Crippen molar-refractivity contribution in [2.75, 3.05) is 26.9 Å². The van der Waals surface area contributed by atoms with Gasteiger partial charge in [0.05, 0.1) is 13.2 Å². The van der Waals surface area contributed by atoms with Crippen molar-refractivity contribution in [2.45, 2.75) is 51.7 Å². The first kappa shape index (κ1) is 33.0. The van der Waals surface area contributed by atoms with Gasteiger partial charge in [-0.1, -0.05) is 5.54 Å². The molecule has 0 spiro atoms. The molecule has 3 atom stereocenters. The maximum atomic E-state index is 8.92. The number of terminal acetylenes is 1. The molecule has 3 unspecified atom stereocenters. The minimum atomic E-state index is -3.02. The summed E-state index contributed by atoms with van der Waals surface area (Å²) in [6.07, 6.45) is 5.71. The number of aliphatic hydroxyl groups is 1. The van der Waals surface area contributed by atoms with Gasteiger partial charge >= 0.3 is 17.1 Å². The summed E-state index contributed by atoms with van der Waals surface area (Å²) >= 11 is 0. The first-order valence-corrected chi connectivity index (χ1v) is 21.7. The third-order valence-electron chi connectivity index (χ3n) is 3.79. The van der Waals surface area contributed by atoms with Crippen LogP contribution in [0.1, 0.15) is 6.42 Å². The number of rotatable bonds is 13. The monoisotopic (exact) mass is 543 g/mol. The molecule has 0 amide bonds. The van der Waals surface area contributed by atoms with Gasteiger partial charge in [-0.15, -0.1) is 6.42 Å². The Balaban J connectivity index is 5.83. The lowest BCUT2D eigenvalue weighted by Gasteiger charge is -2.43. The van der Waals surface area contributed by atoms with Crippen molar-refractivity contribution in [3.63, 3.8) is 0 Å². The molecule has 0 saturated heterocycles. The Morgan fingerprint density at radius 1 is 0.771 bits per heavy atom. The van der Waals surface area contributed by atoms with Crippen LogP contribution < -0.4 is 0 Å². The van der Waals surface area contributed by atoms with Crippen molar-refractivity contribution in [2.24, 2.45) is 0 Å². The molecule has 0 aliphatic carbocycles. The fraction of sp³-hybridized carbons (Fsp3) is 0.480. The van der Waals surface area contributed by atoms with E-state index in [0.717, 1.165) is 0 Å². The predicted molar refractivity (Wildman–Crippen MR) is 149 cm³/mol. The van der Waals surface area contributed by atoms with Crippen LogP contribution in [0.3, 0.4) is 0 Å². The van der Waals surface area contributed by atoms with Crippen LogP contribution in [-0.4, -0.2) is 66.0 Å². The zero-order valence-electron chi connectivity index (χ0n) is 21.8. The van der Waals surface area contributed by atoms with Crippen molar-refractivity contribution >= 4 is 34.0 Å². The highest BCUT2D eigenvalue weighted by atomic mass is 28.5. The van der Waals surface area contributed by atoms with Crippen molar-refractivity contribution in [1.82, 2.24) is 0 Å². The molecule has 0 fully saturated rings. The van der Waals surface area contributed by atoms with Crippen molar-refractivity contribution in [3.8, 4) is 71.2 Å². The van der Waals surface area contributed by atoms with E-state index in [1.165, 1.54) is 0 Å². The Kier molecular flexibility index (Phi) is 15.7. The fourth-order valence-electron chi connectivity index (χ4n) is 2.75. The summed E-state index contributed by atoms with van der Waals surface area (Å²) in [4.78, 5) is 0. The molecule has 0 aliphatic heterocycles. The van der Waals surface area contributed by atoms with Crippen LogP contribution in [0.2, 0.25) is 45.3 Å². The Labute approximate surface area is 216 Å². The zero-order valence-corrected chi connectivity index (χ0v) is 25.8. The largest absolute Gasteiger partial charge is 0.437 e. The SMILES string of the molecule is C#CC#CC#CC#CC#CC#C[Si](C)(O[Si](C)(C)C)O[Si](C)(CCCOCCO)O[Si]([CH2-])(C)OC. The van der Waals surface area contributed by atoms with Crippen LogP contribution in [0.4, 0.5) is 0 Å². The van der Waals surface area contributed by atoms with Crippen LogP contribution >= 0.6 is 0 Å². The lowest BCUT2D eigenvalue weighted by atomic mass is 10.5. The highest BCUT2D eigenvalue weighted by molar-refractivity contribution is 6.92. The van der Waals surface area contributed by atoms with Crippen LogP contribution in [0.15, 0.2) is 0 Å². The quantitative estimate of drug-likeness (QED) is 0.167. The second-order valence-corrected chi connectivity index (χ2v) is 22.9. The Morgan fingerprint density at radius 2 is 1.31 bits per heavy atom. The van der Waals surface area contributed by atoms with Crippen LogP contribution in [0, 0.1) is 77.7 Å². The summed E-state index contributed by atoms with van der Waals surface area (Å²) in [5.74, 6) is 25.4. The average Bonchev–Trinajstić information content (AvgIpc) is 2.73. The minimum Gasteiger partial charge on any atom is -0.437 e. The van der Waals surface area contributed by atoms with E-state index in [2.05, 4.69) is 90.9 Å². The van der Waals surface area contributed by atoms with E-state index in [0.29, 0.717) is 25.7 Å². The predicted octanol–water partition coefficient (Wildman–Crippen LogP) is 2.70. The van der Waals surface area contributed by atoms with Crippen LogP contribution in [-0.2, 0) is 21.5 Å². The van der Waals surface area contributed by atoms with Crippen molar-refractivity contribution in [3.05, 3.63) is 6.55 Å². The molecule has 35 heavy (non-hydrogen) atoms. The third kappa shape index (κ3) is 18.0. The smallest absolute Gasteiger partial charge is 0.402 e. The highest BCUT2D eigenvalue weighted by Gasteiger charge is 2.46. The van der Waals surface area contributed by atoms with Gasteiger partial charge in [0, 0.05) is 13.7 Å². The van der Waals surface area contributed by atoms with E-state index in [1.807, 2.05) is 19.6 Å². The first-order chi connectivity index (χ1) is 16.3. The van der Waals surface area contributed by atoms with Gasteiger partial charge in [0.25, 0.3) is 0 Å². The van der Waals surface area contributed by atoms with E-state index < -0.39 is 34.0 Å². The molecule has 0 heterocycles. The third-order valence-corrected chi connectivity index (χ3v) is 17.2. The van der Waals surface area contributed by atoms with E-state index in [9.17, 15) is 0 Å². The van der Waals surface area contributed by atoms with Gasteiger partial charge in [-0.25, -0.2) is 0 Å². The average molecular weight is 544 g/mol. The second-order valence-electron chi connectivity index (χ2n) is 8.67. The normalized spacial score (nSPS) is 15.1. The summed E-state index contributed by atoms with van der Waals surface area (Å²) < 4.78 is 30.5. The molecular formula is C25H35O6Si4-. The molecule has 0 saturated carbocycles. The Bertz CT molecular complexity index is 1040. The highest BCUT2D eigenvalue weighted by Crippen LogP contribution is 2.27. The fourth-order valence-corrected chi connectivity index (χ4v) is 18.1. The van der Waals surface area contributed by atoms with E-state index in [4.69, 9.17) is 33.0 Å². The van der Waals surface area contributed by atoms with E-state index in [1.54, 1.807) is 7.11 Å². The molecular weight excluding hydrogens is 509 g/mol. The van der Waals surface area contributed by atoms with Crippen molar-refractivity contribution < 1.29 is 26.6 Å². The van der Waals surface area contributed by atoms with Crippen molar-refractivity contribution in [1.29, 1.82) is 0 Å². The Morgan fingerprint density at radius 3 is 1.80 bits per heavy atom. The summed E-state index contributed by atoms with van der Waals surface area (Å²) in [6, 6.07) is 0.637. The summed E-state index contributed by atoms with van der Waals surface area (Å²) in [7, 11) is -8.93. The molecule has 0 bridgehead atoms. The summed E-state index contributed by atoms with van der Waals surface area (Å²) in [5.41, 5.74) is 3.14. The lowest BCUT2D eigenvalue weighted by Crippen LogP contribution is -2.58. The molecule has 0 aliphatic rings. The van der Waals surface area contributed by atoms with Crippen LogP contribution in [0.25, 0.3) is 0 Å². The number of aliphatic hydroxyl groups excluding tert-OH is 1. The molecule has 6 nitrogen and oxygen atoms in total. The molecule has 1 N–H and O–H groups in total. The minimum absolute atomic E-state index is 0.0162. The maximum absolute atomic E-state index is 8.92. The molecule has 0 rings (SSSR count). The molecule has 0 aromatic rings. The van der Waals surface area contributed by atoms with Gasteiger partial charge in [-0.3, -0.25) is 6.55 Å². The van der Waals surface area contributed by atoms with Gasteiger partial charge in [0.1, 0.15) is 0 Å². The molecule has 188 valence electrons. The molecule has 10 heteroatoms. The number of ether oxygens (including phenoxy) is 1. The van der Waals surface area contributed by atoms with Gasteiger partial charge in [0.15, 0.2) is 16.9 Å². The maximum Gasteiger partial charge on any atom is 0.402 e. The molecule has 0 aromatic carbocycles. The zero-order chi connectivity index (χ0) is 26.8. The second kappa shape index (κ2) is 16.6. The van der Waals surface area contributed by atoms with Gasteiger partial charge in [0.2, 0.25) is 0 Å². The molecule has 0 radical (unpaired) electrons. The summed E-state index contributed by atoms with van der Waals surface area (Å²) in [5, 5.41) is 8.92. The molecule has 0 aromatic heterocycles. The number of hydrogen-bond acceptors (Lipinski definition) is 6. The van der Waals surface area contributed by atoms with Gasteiger partial charge < -0.3 is 26.6 Å². The summed E-state index contributed by atoms with van der Waals surface area (Å²) in [6.45, 7) is 16.9. The first-order valence-electron chi connectivity index (χ1n) is 11.0. The lowest BCUT2D eigenvalue weighted by molar-refractivity contribution is 0.0917. The van der Waals surface area contributed by atoms with E-state index >= 15 is 0 Å². The standard InChI is InChI=1S/C25H35O6Si4/c1-10-11-12-13-14-15-16-17-18-19-24-34(8,29-32(3,4)5)31-35(9,30-33(6,7)27-2)25-20-22-28-23-21-26/h1,26H,6,20-23,25H2,2-5,7-9H3/q-1. The van der Waals surface area contributed by atoms with Gasteiger partial charge in [-0.2, -0.15) is 0 Å². The topological polar surface area (TPSA) is 66.4 Å². The van der Waals surface area contributed by atoms with Crippen LogP contribution in [0.5, 0.6) is 0 Å². The Hall–Kier alpha value is -2.01. The van der Waals surface area contributed by atoms with Gasteiger partial charge in [-0.05, 0) is 111 Å². The number of hydrogen-bond donors (Lipinski definition) is 1.